The fourth-order valence-corrected chi connectivity index (χ4v) is 4.32. The van der Waals surface area contributed by atoms with Gasteiger partial charge in [-0.15, -0.1) is 0 Å². The van der Waals surface area contributed by atoms with E-state index in [1.54, 1.807) is 42.5 Å². The number of imide groups is 1. The van der Waals surface area contributed by atoms with E-state index in [0.29, 0.717) is 41.8 Å². The van der Waals surface area contributed by atoms with Crippen molar-refractivity contribution in [1.29, 1.82) is 0 Å². The van der Waals surface area contributed by atoms with Crippen molar-refractivity contribution in [3.05, 3.63) is 99.0 Å². The molecule has 174 valence electrons. The Labute approximate surface area is 199 Å². The van der Waals surface area contributed by atoms with E-state index in [1.807, 2.05) is 6.07 Å². The van der Waals surface area contributed by atoms with Crippen molar-refractivity contribution < 1.29 is 19.2 Å². The molecule has 0 atom stereocenters. The number of nitrogen functional groups attached to an aromatic ring is 1. The number of hydrogen-bond donors (Lipinski definition) is 3. The monoisotopic (exact) mass is 468 g/mol. The van der Waals surface area contributed by atoms with Crippen LogP contribution in [0.3, 0.4) is 0 Å². The van der Waals surface area contributed by atoms with Crippen molar-refractivity contribution in [3.63, 3.8) is 0 Å². The summed E-state index contributed by atoms with van der Waals surface area (Å²) in [6.07, 6.45) is 3.22. The van der Waals surface area contributed by atoms with Crippen molar-refractivity contribution in [2.75, 3.05) is 11.1 Å². The zero-order valence-electron chi connectivity index (χ0n) is 18.5. The van der Waals surface area contributed by atoms with Gasteiger partial charge in [0, 0.05) is 35.4 Å². The second-order valence-electron chi connectivity index (χ2n) is 8.32. The second-order valence-corrected chi connectivity index (χ2v) is 8.32. The smallest absolute Gasteiger partial charge is 0.262 e. The highest BCUT2D eigenvalue weighted by Gasteiger charge is 2.32. The summed E-state index contributed by atoms with van der Waals surface area (Å²) in [5.41, 5.74) is 7.53. The lowest BCUT2D eigenvalue weighted by Crippen LogP contribution is -2.25. The highest BCUT2D eigenvalue weighted by Crippen LogP contribution is 2.30. The number of carbonyl (C=O) groups excluding carboxylic acids is 4. The second kappa shape index (κ2) is 8.53. The molecule has 2 amide bonds. The first kappa shape index (κ1) is 22.0. The number of fused-ring (bicyclic) bond motifs is 1. The molecule has 2 aliphatic rings. The predicted molar refractivity (Wildman–Crippen MR) is 129 cm³/mol. The Bertz CT molecular complexity index is 1520. The maximum atomic E-state index is 13.1. The molecule has 0 saturated heterocycles. The Balaban J connectivity index is 1.68. The Morgan fingerprint density at radius 3 is 2.43 bits per heavy atom. The summed E-state index contributed by atoms with van der Waals surface area (Å²) in [7, 11) is 0. The number of amides is 2. The van der Waals surface area contributed by atoms with Gasteiger partial charge >= 0.3 is 0 Å². The number of rotatable bonds is 5. The van der Waals surface area contributed by atoms with Gasteiger partial charge in [-0.25, -0.2) is 0 Å². The number of pyridine rings is 1. The molecule has 2 aromatic carbocycles. The molecule has 0 unspecified atom stereocenters. The third-order valence-corrected chi connectivity index (χ3v) is 5.99. The maximum absolute atomic E-state index is 13.1. The quantitative estimate of drug-likeness (QED) is 0.386. The molecule has 0 saturated carbocycles. The predicted octanol–water partition coefficient (Wildman–Crippen LogP) is 2.58. The Morgan fingerprint density at radius 2 is 1.69 bits per heavy atom. The molecule has 0 spiro atoms. The molecular formula is C26H20N4O5. The number of nitrogens with two attached hydrogens (primary N) is 1. The average Bonchev–Trinajstić information content (AvgIpc) is 3.13. The molecular weight excluding hydrogens is 448 g/mol. The fourth-order valence-electron chi connectivity index (χ4n) is 4.32. The number of anilines is 2. The Morgan fingerprint density at radius 1 is 0.914 bits per heavy atom. The third-order valence-electron chi connectivity index (χ3n) is 5.99. The number of nitrogens with zero attached hydrogens (tertiary/aromatic N) is 1. The molecule has 1 aromatic heterocycles. The fraction of sp³-hybridized carbons (Fsp3) is 0.115. The molecule has 2 heterocycles. The van der Waals surface area contributed by atoms with E-state index in [0.717, 1.165) is 10.6 Å². The Hall–Kier alpha value is -4.79. The molecule has 35 heavy (non-hydrogen) atoms. The van der Waals surface area contributed by atoms with Gasteiger partial charge in [-0.05, 0) is 31.0 Å². The summed E-state index contributed by atoms with van der Waals surface area (Å²) in [6.45, 7) is 0. The molecule has 9 heteroatoms. The standard InChI is InChI=1S/C26H20N4O5/c27-24-22-18(25(34)29-26(22)35)13-21(32)30(24)20-10-9-15(23(33)14-5-2-1-3-6-14)11-19(20)28-16-7-4-8-17(31)12-16/h1-3,5-6,9-13,28H,4,7-8,27H2,(H,29,34,35). The molecule has 1 aliphatic heterocycles. The zero-order valence-corrected chi connectivity index (χ0v) is 18.5. The van der Waals surface area contributed by atoms with Gasteiger partial charge < -0.3 is 11.1 Å². The van der Waals surface area contributed by atoms with Gasteiger partial charge in [0.2, 0.25) is 0 Å². The van der Waals surface area contributed by atoms with Crippen LogP contribution in [0.5, 0.6) is 0 Å². The summed E-state index contributed by atoms with van der Waals surface area (Å²) < 4.78 is 1.11. The summed E-state index contributed by atoms with van der Waals surface area (Å²) in [6, 6.07) is 14.5. The van der Waals surface area contributed by atoms with Crippen LogP contribution in [0.1, 0.15) is 55.9 Å². The zero-order chi connectivity index (χ0) is 24.7. The molecule has 0 radical (unpaired) electrons. The summed E-state index contributed by atoms with van der Waals surface area (Å²) in [4.78, 5) is 62.4. The van der Waals surface area contributed by atoms with E-state index in [4.69, 9.17) is 5.73 Å². The van der Waals surface area contributed by atoms with Crippen LogP contribution >= 0.6 is 0 Å². The highest BCUT2D eigenvalue weighted by atomic mass is 16.2. The first-order chi connectivity index (χ1) is 16.8. The van der Waals surface area contributed by atoms with E-state index in [1.165, 1.54) is 6.08 Å². The van der Waals surface area contributed by atoms with Gasteiger partial charge in [-0.1, -0.05) is 30.3 Å². The summed E-state index contributed by atoms with van der Waals surface area (Å²) in [5, 5.41) is 5.31. The van der Waals surface area contributed by atoms with Crippen LogP contribution in [-0.4, -0.2) is 27.9 Å². The van der Waals surface area contributed by atoms with Crippen LogP contribution in [0.25, 0.3) is 5.69 Å². The summed E-state index contributed by atoms with van der Waals surface area (Å²) >= 11 is 0. The first-order valence-corrected chi connectivity index (χ1v) is 11.0. The van der Waals surface area contributed by atoms with Gasteiger partial charge in [-0.3, -0.25) is 33.9 Å². The number of aromatic nitrogens is 1. The lowest BCUT2D eigenvalue weighted by Gasteiger charge is -2.20. The number of ketones is 2. The maximum Gasteiger partial charge on any atom is 0.262 e. The Kier molecular flexibility index (Phi) is 5.37. The van der Waals surface area contributed by atoms with Crippen molar-refractivity contribution in [2.24, 2.45) is 0 Å². The van der Waals surface area contributed by atoms with Crippen molar-refractivity contribution in [1.82, 2.24) is 9.88 Å². The van der Waals surface area contributed by atoms with E-state index in [2.05, 4.69) is 10.6 Å². The molecule has 0 fully saturated rings. The normalized spacial score (nSPS) is 14.9. The molecule has 9 nitrogen and oxygen atoms in total. The van der Waals surface area contributed by atoms with Gasteiger partial charge in [0.1, 0.15) is 5.82 Å². The largest absolute Gasteiger partial charge is 0.384 e. The molecule has 5 rings (SSSR count). The molecule has 1 aliphatic carbocycles. The van der Waals surface area contributed by atoms with Gasteiger partial charge in [0.15, 0.2) is 11.6 Å². The van der Waals surface area contributed by atoms with E-state index >= 15 is 0 Å². The summed E-state index contributed by atoms with van der Waals surface area (Å²) in [5.74, 6) is -1.83. The van der Waals surface area contributed by atoms with Crippen LogP contribution in [0.15, 0.2) is 71.2 Å². The van der Waals surface area contributed by atoms with Gasteiger partial charge in [-0.2, -0.15) is 0 Å². The van der Waals surface area contributed by atoms with Crippen molar-refractivity contribution in [2.45, 2.75) is 19.3 Å². The van der Waals surface area contributed by atoms with Crippen LogP contribution in [0.2, 0.25) is 0 Å². The highest BCUT2D eigenvalue weighted by molar-refractivity contribution is 6.23. The van der Waals surface area contributed by atoms with Crippen LogP contribution in [0, 0.1) is 0 Å². The first-order valence-electron chi connectivity index (χ1n) is 11.0. The van der Waals surface area contributed by atoms with Crippen LogP contribution in [0.4, 0.5) is 11.5 Å². The van der Waals surface area contributed by atoms with Gasteiger partial charge in [0.25, 0.3) is 17.4 Å². The van der Waals surface area contributed by atoms with Crippen LogP contribution in [-0.2, 0) is 4.79 Å². The average molecular weight is 468 g/mol. The van der Waals surface area contributed by atoms with E-state index < -0.39 is 17.4 Å². The number of benzene rings is 2. The van der Waals surface area contributed by atoms with Gasteiger partial charge in [0.05, 0.1) is 22.5 Å². The number of allylic oxidation sites excluding steroid dienone is 2. The van der Waals surface area contributed by atoms with Crippen LogP contribution < -0.4 is 21.9 Å². The van der Waals surface area contributed by atoms with E-state index in [-0.39, 0.29) is 34.2 Å². The van der Waals surface area contributed by atoms with E-state index in [9.17, 15) is 24.0 Å². The lowest BCUT2D eigenvalue weighted by atomic mass is 10.0. The molecule has 3 aromatic rings. The number of hydrogen-bond acceptors (Lipinski definition) is 7. The molecule has 4 N–H and O–H groups in total. The minimum Gasteiger partial charge on any atom is -0.384 e. The topological polar surface area (TPSA) is 140 Å². The lowest BCUT2D eigenvalue weighted by molar-refractivity contribution is -0.115. The molecule has 0 bridgehead atoms. The minimum atomic E-state index is -0.692. The van der Waals surface area contributed by atoms with Crippen molar-refractivity contribution in [3.8, 4) is 5.69 Å². The SMILES string of the molecule is Nc1c2c(cc(=O)n1-c1ccc(C(=O)c3ccccc3)cc1NC1=CC(=O)CCC1)C(=O)NC2=O. The number of carbonyl (C=O) groups is 4. The third kappa shape index (κ3) is 3.93. The van der Waals surface area contributed by atoms with Crippen molar-refractivity contribution >= 4 is 34.9 Å². The minimum absolute atomic E-state index is 0.0267. The number of nitrogens with one attached hydrogen (secondary N) is 2.